The Morgan fingerprint density at radius 3 is 2.39 bits per heavy atom. The Hall–Kier alpha value is -3.48. The molecule has 7 heteroatoms. The normalized spacial score (nSPS) is 12.7. The Kier molecular flexibility index (Phi) is 5.59. The summed E-state index contributed by atoms with van der Waals surface area (Å²) in [6.07, 6.45) is 1.43. The van der Waals surface area contributed by atoms with Crippen LogP contribution in [-0.4, -0.2) is 25.0 Å². The van der Waals surface area contributed by atoms with Crippen molar-refractivity contribution in [2.75, 3.05) is 0 Å². The van der Waals surface area contributed by atoms with Crippen molar-refractivity contribution in [2.45, 2.75) is 46.3 Å². The van der Waals surface area contributed by atoms with Crippen molar-refractivity contribution in [3.05, 3.63) is 71.0 Å². The van der Waals surface area contributed by atoms with Crippen molar-refractivity contribution in [2.24, 2.45) is 5.92 Å². The Balaban J connectivity index is 1.65. The van der Waals surface area contributed by atoms with Gasteiger partial charge in [-0.05, 0) is 44.0 Å². The largest absolute Gasteiger partial charge is 0.344 e. The summed E-state index contributed by atoms with van der Waals surface area (Å²) in [5.41, 5.74) is 2.34. The number of rotatable bonds is 6. The molecule has 1 N–H and O–H groups in total. The van der Waals surface area contributed by atoms with Gasteiger partial charge in [-0.25, -0.2) is 9.97 Å². The standard InChI is InChI=1S/C24H27N5O2/c1-15(2)22(23-26-19-11-7-8-12-20(19)29(23)16(3)4)27-21(30)13-28-14-25-18-10-6-5-9-17(18)24(28)31/h5-12,14-16,22H,13H2,1-4H3,(H,27,30)/t22-/m1/s1. The fraction of sp³-hybridized carbons (Fsp3) is 0.333. The molecule has 160 valence electrons. The summed E-state index contributed by atoms with van der Waals surface area (Å²) >= 11 is 0. The third-order valence-electron chi connectivity index (χ3n) is 5.45. The second-order valence-corrected chi connectivity index (χ2v) is 8.41. The van der Waals surface area contributed by atoms with Gasteiger partial charge in [-0.2, -0.15) is 0 Å². The van der Waals surface area contributed by atoms with E-state index in [1.54, 1.807) is 18.2 Å². The minimum Gasteiger partial charge on any atom is -0.344 e. The van der Waals surface area contributed by atoms with Crippen molar-refractivity contribution in [1.82, 2.24) is 24.4 Å². The number of imidazole rings is 1. The number of benzene rings is 2. The van der Waals surface area contributed by atoms with E-state index >= 15 is 0 Å². The van der Waals surface area contributed by atoms with Gasteiger partial charge in [0.2, 0.25) is 5.91 Å². The van der Waals surface area contributed by atoms with Gasteiger partial charge in [0.05, 0.1) is 34.3 Å². The molecule has 0 unspecified atom stereocenters. The highest BCUT2D eigenvalue weighted by atomic mass is 16.2. The van der Waals surface area contributed by atoms with Crippen LogP contribution in [0.25, 0.3) is 21.9 Å². The molecule has 0 aliphatic rings. The summed E-state index contributed by atoms with van der Waals surface area (Å²) in [4.78, 5) is 34.8. The molecule has 1 atom stereocenters. The molecule has 2 aromatic carbocycles. The molecular formula is C24H27N5O2. The average molecular weight is 418 g/mol. The van der Waals surface area contributed by atoms with Crippen molar-refractivity contribution in [1.29, 1.82) is 0 Å². The van der Waals surface area contributed by atoms with Gasteiger partial charge >= 0.3 is 0 Å². The van der Waals surface area contributed by atoms with Crippen LogP contribution >= 0.6 is 0 Å². The summed E-state index contributed by atoms with van der Waals surface area (Å²) < 4.78 is 3.52. The van der Waals surface area contributed by atoms with Gasteiger partial charge in [-0.3, -0.25) is 14.2 Å². The molecule has 4 rings (SSSR count). The fourth-order valence-electron chi connectivity index (χ4n) is 3.95. The van der Waals surface area contributed by atoms with Crippen LogP contribution in [0.4, 0.5) is 0 Å². The Morgan fingerprint density at radius 1 is 1.00 bits per heavy atom. The van der Waals surface area contributed by atoms with E-state index in [1.807, 2.05) is 30.3 Å². The second-order valence-electron chi connectivity index (χ2n) is 8.41. The average Bonchev–Trinajstić information content (AvgIpc) is 3.13. The van der Waals surface area contributed by atoms with Gasteiger partial charge in [-0.15, -0.1) is 0 Å². The third-order valence-corrected chi connectivity index (χ3v) is 5.45. The van der Waals surface area contributed by atoms with Gasteiger partial charge < -0.3 is 9.88 Å². The molecule has 0 radical (unpaired) electrons. The van der Waals surface area contributed by atoms with Crippen LogP contribution in [0, 0.1) is 5.92 Å². The minimum atomic E-state index is -0.286. The van der Waals surface area contributed by atoms with E-state index in [1.165, 1.54) is 10.9 Å². The molecule has 0 bridgehead atoms. The quantitative estimate of drug-likeness (QED) is 0.517. The summed E-state index contributed by atoms with van der Waals surface area (Å²) in [6, 6.07) is 15.0. The first-order chi connectivity index (χ1) is 14.9. The number of nitrogens with one attached hydrogen (secondary N) is 1. The summed E-state index contributed by atoms with van der Waals surface area (Å²) in [7, 11) is 0. The molecule has 2 aromatic heterocycles. The first-order valence-corrected chi connectivity index (χ1v) is 10.6. The van der Waals surface area contributed by atoms with Crippen LogP contribution in [-0.2, 0) is 11.3 Å². The summed E-state index contributed by atoms with van der Waals surface area (Å²) in [5, 5.41) is 3.60. The number of nitrogens with zero attached hydrogens (tertiary/aromatic N) is 4. The zero-order valence-electron chi connectivity index (χ0n) is 18.2. The molecule has 2 heterocycles. The van der Waals surface area contributed by atoms with E-state index in [2.05, 4.69) is 42.6 Å². The first kappa shape index (κ1) is 20.8. The first-order valence-electron chi connectivity index (χ1n) is 10.6. The van der Waals surface area contributed by atoms with Crippen LogP contribution in [0.15, 0.2) is 59.7 Å². The number of para-hydroxylation sites is 3. The van der Waals surface area contributed by atoms with Crippen LogP contribution in [0.5, 0.6) is 0 Å². The van der Waals surface area contributed by atoms with Gasteiger partial charge in [-0.1, -0.05) is 38.1 Å². The van der Waals surface area contributed by atoms with Gasteiger partial charge in [0.15, 0.2) is 0 Å². The third kappa shape index (κ3) is 3.95. The van der Waals surface area contributed by atoms with Crippen LogP contribution < -0.4 is 10.9 Å². The van der Waals surface area contributed by atoms with E-state index in [-0.39, 0.29) is 36.0 Å². The molecule has 4 aromatic rings. The summed E-state index contributed by atoms with van der Waals surface area (Å²) in [6.45, 7) is 8.23. The number of hydrogen-bond donors (Lipinski definition) is 1. The predicted octanol–water partition coefficient (Wildman–Crippen LogP) is 3.84. The topological polar surface area (TPSA) is 81.8 Å². The second kappa shape index (κ2) is 8.34. The Bertz CT molecular complexity index is 1300. The van der Waals surface area contributed by atoms with E-state index < -0.39 is 0 Å². The molecule has 0 saturated heterocycles. The van der Waals surface area contributed by atoms with Gasteiger partial charge in [0.1, 0.15) is 12.4 Å². The highest BCUT2D eigenvalue weighted by Gasteiger charge is 2.26. The van der Waals surface area contributed by atoms with E-state index in [4.69, 9.17) is 4.98 Å². The lowest BCUT2D eigenvalue weighted by Crippen LogP contribution is -2.38. The number of carbonyl (C=O) groups is 1. The lowest BCUT2D eigenvalue weighted by Gasteiger charge is -2.25. The zero-order chi connectivity index (χ0) is 22.1. The molecule has 0 spiro atoms. The fourth-order valence-corrected chi connectivity index (χ4v) is 3.95. The lowest BCUT2D eigenvalue weighted by atomic mass is 10.0. The maximum Gasteiger partial charge on any atom is 0.261 e. The maximum atomic E-state index is 12.9. The van der Waals surface area contributed by atoms with Crippen molar-refractivity contribution in [3.8, 4) is 0 Å². The molecule has 0 saturated carbocycles. The predicted molar refractivity (Wildman–Crippen MR) is 122 cm³/mol. The molecular weight excluding hydrogens is 390 g/mol. The molecule has 1 amide bonds. The van der Waals surface area contributed by atoms with Crippen molar-refractivity contribution < 1.29 is 4.79 Å². The van der Waals surface area contributed by atoms with Gasteiger partial charge in [0.25, 0.3) is 5.56 Å². The highest BCUT2D eigenvalue weighted by Crippen LogP contribution is 2.28. The minimum absolute atomic E-state index is 0.0954. The van der Waals surface area contributed by atoms with Crippen LogP contribution in [0.3, 0.4) is 0 Å². The lowest BCUT2D eigenvalue weighted by molar-refractivity contribution is -0.122. The smallest absolute Gasteiger partial charge is 0.261 e. The summed E-state index contributed by atoms with van der Waals surface area (Å²) in [5.74, 6) is 0.688. The Labute approximate surface area is 180 Å². The number of amides is 1. The monoisotopic (exact) mass is 417 g/mol. The number of aromatic nitrogens is 4. The molecule has 0 aliphatic heterocycles. The van der Waals surface area contributed by atoms with E-state index in [0.717, 1.165) is 16.9 Å². The van der Waals surface area contributed by atoms with Crippen molar-refractivity contribution in [3.63, 3.8) is 0 Å². The molecule has 31 heavy (non-hydrogen) atoms. The molecule has 7 nitrogen and oxygen atoms in total. The van der Waals surface area contributed by atoms with Crippen molar-refractivity contribution >= 4 is 27.8 Å². The number of carbonyl (C=O) groups excluding carboxylic acids is 1. The van der Waals surface area contributed by atoms with E-state index in [0.29, 0.717) is 10.9 Å². The van der Waals surface area contributed by atoms with Crippen LogP contribution in [0.2, 0.25) is 0 Å². The SMILES string of the molecule is CC(C)[C@@H](NC(=O)Cn1cnc2ccccc2c1=O)c1nc2ccccc2n1C(C)C. The van der Waals surface area contributed by atoms with E-state index in [9.17, 15) is 9.59 Å². The highest BCUT2D eigenvalue weighted by molar-refractivity contribution is 5.80. The Morgan fingerprint density at radius 2 is 1.68 bits per heavy atom. The molecule has 0 aliphatic carbocycles. The number of fused-ring (bicyclic) bond motifs is 2. The maximum absolute atomic E-state index is 12.9. The number of hydrogen-bond acceptors (Lipinski definition) is 4. The zero-order valence-corrected chi connectivity index (χ0v) is 18.2. The molecule has 0 fully saturated rings. The van der Waals surface area contributed by atoms with Crippen LogP contribution in [0.1, 0.15) is 45.6 Å². The van der Waals surface area contributed by atoms with Gasteiger partial charge in [0, 0.05) is 6.04 Å².